The Kier molecular flexibility index (Phi) is 4.78. The number of rotatable bonds is 4. The van der Waals surface area contributed by atoms with Crippen molar-refractivity contribution >= 4 is 28.5 Å². The molecule has 32 heavy (non-hydrogen) atoms. The number of H-pyrrole nitrogens is 1. The number of aliphatic imine (C=N–C) groups is 1. The highest BCUT2D eigenvalue weighted by atomic mass is 16.5. The van der Waals surface area contributed by atoms with E-state index in [0.717, 1.165) is 16.5 Å². The first-order valence-electron chi connectivity index (χ1n) is 10.1. The molecule has 0 radical (unpaired) electrons. The Hall–Kier alpha value is -4.27. The van der Waals surface area contributed by atoms with Crippen molar-refractivity contribution < 1.29 is 9.47 Å². The fourth-order valence-corrected chi connectivity index (χ4v) is 3.86. The number of guanidine groups is 1. The Morgan fingerprint density at radius 1 is 1.09 bits per heavy atom. The number of aromatic amines is 1. The second-order valence-corrected chi connectivity index (χ2v) is 7.39. The van der Waals surface area contributed by atoms with Crippen molar-refractivity contribution in [2.75, 3.05) is 24.9 Å². The highest BCUT2D eigenvalue weighted by Gasteiger charge is 2.27. The van der Waals surface area contributed by atoms with Gasteiger partial charge in [-0.3, -0.25) is 14.7 Å². The van der Waals surface area contributed by atoms with Gasteiger partial charge in [-0.1, -0.05) is 18.2 Å². The normalized spacial score (nSPS) is 15.0. The number of nitrogens with one attached hydrogen (secondary N) is 3. The van der Waals surface area contributed by atoms with Crippen LogP contribution in [-0.2, 0) is 0 Å². The standard InChI is InChI=1S/C23H22N6O3/c1-13-10-20(30)29-21(16-12-24-17-7-5-4-6-15(16)17)27-22(28-23(29)25-13)26-18-9-8-14(31-2)11-19(18)32-3/h4-12,21,24H,1-3H3,(H2,25,26,27,28). The van der Waals surface area contributed by atoms with Crippen molar-refractivity contribution in [1.82, 2.24) is 14.5 Å². The van der Waals surface area contributed by atoms with E-state index in [0.29, 0.717) is 34.8 Å². The molecule has 0 aliphatic carbocycles. The average molecular weight is 430 g/mol. The van der Waals surface area contributed by atoms with Crippen molar-refractivity contribution in [2.24, 2.45) is 4.99 Å². The third kappa shape index (κ3) is 3.33. The van der Waals surface area contributed by atoms with E-state index in [4.69, 9.17) is 14.5 Å². The van der Waals surface area contributed by atoms with Gasteiger partial charge < -0.3 is 19.8 Å². The molecule has 1 atom stereocenters. The van der Waals surface area contributed by atoms with Gasteiger partial charge in [0.1, 0.15) is 11.5 Å². The van der Waals surface area contributed by atoms with Crippen molar-refractivity contribution in [3.05, 3.63) is 76.3 Å². The summed E-state index contributed by atoms with van der Waals surface area (Å²) in [5.41, 5.74) is 2.98. The predicted molar refractivity (Wildman–Crippen MR) is 124 cm³/mol. The van der Waals surface area contributed by atoms with Gasteiger partial charge in [0.25, 0.3) is 5.56 Å². The van der Waals surface area contributed by atoms with Gasteiger partial charge in [-0.25, -0.2) is 9.98 Å². The van der Waals surface area contributed by atoms with Crippen LogP contribution in [0.5, 0.6) is 11.5 Å². The van der Waals surface area contributed by atoms with Crippen LogP contribution in [0, 0.1) is 6.92 Å². The Balaban J connectivity index is 1.63. The summed E-state index contributed by atoms with van der Waals surface area (Å²) >= 11 is 0. The lowest BCUT2D eigenvalue weighted by Crippen LogP contribution is -2.37. The first kappa shape index (κ1) is 19.7. The topological polar surface area (TPSA) is 106 Å². The average Bonchev–Trinajstić information content (AvgIpc) is 3.22. The fraction of sp³-hybridized carbons (Fsp3) is 0.174. The Bertz CT molecular complexity index is 1400. The highest BCUT2D eigenvalue weighted by Crippen LogP contribution is 2.33. The van der Waals surface area contributed by atoms with E-state index in [1.807, 2.05) is 42.6 Å². The minimum absolute atomic E-state index is 0.180. The molecule has 1 unspecified atom stereocenters. The van der Waals surface area contributed by atoms with E-state index in [9.17, 15) is 4.79 Å². The van der Waals surface area contributed by atoms with Crippen LogP contribution in [-0.4, -0.2) is 34.7 Å². The van der Waals surface area contributed by atoms with E-state index >= 15 is 0 Å². The third-order valence-electron chi connectivity index (χ3n) is 5.37. The van der Waals surface area contributed by atoms with E-state index in [1.165, 1.54) is 6.07 Å². The summed E-state index contributed by atoms with van der Waals surface area (Å²) in [6.07, 6.45) is 1.28. The van der Waals surface area contributed by atoms with Crippen LogP contribution < -0.4 is 25.7 Å². The van der Waals surface area contributed by atoms with Gasteiger partial charge in [0.15, 0.2) is 6.17 Å². The van der Waals surface area contributed by atoms with E-state index in [-0.39, 0.29) is 5.56 Å². The molecule has 4 aromatic rings. The summed E-state index contributed by atoms with van der Waals surface area (Å²) in [6.45, 7) is 1.79. The Labute approximate surface area is 183 Å². The SMILES string of the molecule is COc1ccc(NC2=NC(c3c[nH]c4ccccc34)n3c(nc(C)cc3=O)N2)c(OC)c1. The number of methoxy groups -OCH3 is 2. The van der Waals surface area contributed by atoms with Crippen LogP contribution in [0.4, 0.5) is 11.6 Å². The quantitative estimate of drug-likeness (QED) is 0.458. The molecule has 0 saturated carbocycles. The summed E-state index contributed by atoms with van der Waals surface area (Å²) in [7, 11) is 3.19. The van der Waals surface area contributed by atoms with E-state index in [1.54, 1.807) is 31.8 Å². The Morgan fingerprint density at radius 3 is 2.75 bits per heavy atom. The molecule has 0 amide bonds. The van der Waals surface area contributed by atoms with Gasteiger partial charge in [0, 0.05) is 40.5 Å². The molecular formula is C23H22N6O3. The molecule has 2 aromatic carbocycles. The van der Waals surface area contributed by atoms with Gasteiger partial charge in [-0.05, 0) is 25.1 Å². The smallest absolute Gasteiger partial charge is 0.257 e. The number of nitrogens with zero attached hydrogens (tertiary/aromatic N) is 3. The molecule has 3 heterocycles. The van der Waals surface area contributed by atoms with Gasteiger partial charge in [0.05, 0.1) is 19.9 Å². The lowest BCUT2D eigenvalue weighted by atomic mass is 10.1. The molecule has 5 rings (SSSR count). The summed E-state index contributed by atoms with van der Waals surface area (Å²) in [6, 6.07) is 14.9. The first-order valence-corrected chi connectivity index (χ1v) is 10.1. The summed E-state index contributed by atoms with van der Waals surface area (Å²) in [4.78, 5) is 25.6. The Morgan fingerprint density at radius 2 is 1.94 bits per heavy atom. The predicted octanol–water partition coefficient (Wildman–Crippen LogP) is 3.49. The lowest BCUT2D eigenvalue weighted by molar-refractivity contribution is 0.395. The summed E-state index contributed by atoms with van der Waals surface area (Å²) < 4.78 is 12.3. The first-order chi connectivity index (χ1) is 15.6. The van der Waals surface area contributed by atoms with Gasteiger partial charge in [0.2, 0.25) is 11.9 Å². The number of aromatic nitrogens is 3. The van der Waals surface area contributed by atoms with Crippen LogP contribution in [0.2, 0.25) is 0 Å². The van der Waals surface area contributed by atoms with Gasteiger partial charge in [-0.15, -0.1) is 0 Å². The summed E-state index contributed by atoms with van der Waals surface area (Å²) in [5.74, 6) is 2.13. The van der Waals surface area contributed by atoms with Crippen LogP contribution >= 0.6 is 0 Å². The number of hydrogen-bond acceptors (Lipinski definition) is 7. The monoisotopic (exact) mass is 430 g/mol. The molecule has 3 N–H and O–H groups in total. The highest BCUT2D eigenvalue weighted by molar-refractivity contribution is 6.04. The lowest BCUT2D eigenvalue weighted by Gasteiger charge is -2.27. The van der Waals surface area contributed by atoms with E-state index in [2.05, 4.69) is 20.6 Å². The molecule has 2 aromatic heterocycles. The van der Waals surface area contributed by atoms with Crippen LogP contribution in [0.15, 0.2) is 64.5 Å². The number of para-hydroxylation sites is 1. The third-order valence-corrected chi connectivity index (χ3v) is 5.37. The maximum atomic E-state index is 12.9. The zero-order valence-electron chi connectivity index (χ0n) is 17.8. The number of ether oxygens (including phenoxy) is 2. The van der Waals surface area contributed by atoms with Gasteiger partial charge >= 0.3 is 0 Å². The molecular weight excluding hydrogens is 408 g/mol. The van der Waals surface area contributed by atoms with Crippen LogP contribution in [0.1, 0.15) is 17.4 Å². The van der Waals surface area contributed by atoms with Crippen molar-refractivity contribution in [1.29, 1.82) is 0 Å². The fourth-order valence-electron chi connectivity index (χ4n) is 3.86. The molecule has 162 valence electrons. The minimum Gasteiger partial charge on any atom is -0.497 e. The van der Waals surface area contributed by atoms with Crippen LogP contribution in [0.3, 0.4) is 0 Å². The number of hydrogen-bond donors (Lipinski definition) is 3. The maximum Gasteiger partial charge on any atom is 0.257 e. The minimum atomic E-state index is -0.602. The number of anilines is 2. The second-order valence-electron chi connectivity index (χ2n) is 7.39. The number of aryl methyl sites for hydroxylation is 1. The van der Waals surface area contributed by atoms with Gasteiger partial charge in [-0.2, -0.15) is 0 Å². The zero-order chi connectivity index (χ0) is 22.2. The molecule has 9 nitrogen and oxygen atoms in total. The largest absolute Gasteiger partial charge is 0.497 e. The molecule has 0 saturated heterocycles. The molecule has 1 aliphatic heterocycles. The maximum absolute atomic E-state index is 12.9. The zero-order valence-corrected chi connectivity index (χ0v) is 17.8. The van der Waals surface area contributed by atoms with Crippen molar-refractivity contribution in [2.45, 2.75) is 13.1 Å². The molecule has 0 spiro atoms. The molecule has 0 bridgehead atoms. The molecule has 1 aliphatic rings. The number of fused-ring (bicyclic) bond motifs is 2. The summed E-state index contributed by atoms with van der Waals surface area (Å²) in [5, 5.41) is 7.39. The van der Waals surface area contributed by atoms with Crippen molar-refractivity contribution in [3.63, 3.8) is 0 Å². The second kappa shape index (κ2) is 7.77. The van der Waals surface area contributed by atoms with Crippen LogP contribution in [0.25, 0.3) is 10.9 Å². The molecule has 9 heteroatoms. The van der Waals surface area contributed by atoms with E-state index < -0.39 is 6.17 Å². The molecule has 0 fully saturated rings. The van der Waals surface area contributed by atoms with Crippen molar-refractivity contribution in [3.8, 4) is 11.5 Å². The number of benzene rings is 2.